The normalized spacial score (nSPS) is 10.3. The molecule has 0 spiro atoms. The zero-order chi connectivity index (χ0) is 19.1. The summed E-state index contributed by atoms with van der Waals surface area (Å²) in [5, 5.41) is 3.47. The van der Waals surface area contributed by atoms with Crippen LogP contribution in [0.3, 0.4) is 0 Å². The lowest BCUT2D eigenvalue weighted by atomic mass is 10.1. The number of carbonyl (C=O) groups is 2. The molecule has 0 radical (unpaired) electrons. The van der Waals surface area contributed by atoms with Crippen LogP contribution in [0.2, 0.25) is 5.02 Å². The molecule has 0 aliphatic rings. The molecule has 3 aromatic carbocycles. The van der Waals surface area contributed by atoms with Gasteiger partial charge in [-0.15, -0.1) is 0 Å². The van der Waals surface area contributed by atoms with E-state index >= 15 is 0 Å². The zero-order valence-corrected chi connectivity index (χ0v) is 15.3. The van der Waals surface area contributed by atoms with E-state index in [4.69, 9.17) is 16.3 Å². The van der Waals surface area contributed by atoms with Gasteiger partial charge in [-0.3, -0.25) is 9.59 Å². The van der Waals surface area contributed by atoms with Crippen LogP contribution in [0.1, 0.15) is 22.3 Å². The number of anilines is 1. The summed E-state index contributed by atoms with van der Waals surface area (Å²) in [7, 11) is 0. The van der Waals surface area contributed by atoms with Crippen LogP contribution >= 0.6 is 11.6 Å². The summed E-state index contributed by atoms with van der Waals surface area (Å²) < 4.78 is 5.33. The molecule has 1 amide bonds. The third-order valence-corrected chi connectivity index (χ3v) is 4.16. The molecule has 3 rings (SSSR count). The number of aryl methyl sites for hydroxylation is 1. The highest BCUT2D eigenvalue weighted by atomic mass is 35.5. The van der Waals surface area contributed by atoms with Gasteiger partial charge in [0.1, 0.15) is 5.75 Å². The van der Waals surface area contributed by atoms with E-state index < -0.39 is 0 Å². The van der Waals surface area contributed by atoms with Gasteiger partial charge in [-0.2, -0.15) is 0 Å². The van der Waals surface area contributed by atoms with Crippen molar-refractivity contribution in [1.82, 2.24) is 0 Å². The van der Waals surface area contributed by atoms with Gasteiger partial charge in [0, 0.05) is 22.7 Å². The highest BCUT2D eigenvalue weighted by Gasteiger charge is 2.08. The molecule has 0 saturated carbocycles. The van der Waals surface area contributed by atoms with Crippen molar-refractivity contribution in [3.8, 4) is 5.75 Å². The minimum Gasteiger partial charge on any atom is -0.427 e. The lowest BCUT2D eigenvalue weighted by Crippen LogP contribution is -2.12. The molecule has 4 nitrogen and oxygen atoms in total. The second-order valence-electron chi connectivity index (χ2n) is 5.95. The molecule has 5 heteroatoms. The Morgan fingerprint density at radius 3 is 2.19 bits per heavy atom. The van der Waals surface area contributed by atoms with Crippen LogP contribution in [0.25, 0.3) is 0 Å². The number of amides is 1. The fourth-order valence-corrected chi connectivity index (χ4v) is 2.61. The summed E-state index contributed by atoms with van der Waals surface area (Å²) >= 11 is 5.84. The van der Waals surface area contributed by atoms with Crippen molar-refractivity contribution in [3.05, 3.63) is 95.0 Å². The maximum absolute atomic E-state index is 12.1. The standard InChI is InChI=1S/C22H18ClNO3/c23-18-9-6-16(7-10-18)8-15-21(25)27-20-13-11-19(12-14-20)24-22(26)17-4-2-1-3-5-17/h1-7,9-14H,8,15H2,(H,24,26). The Balaban J connectivity index is 1.50. The smallest absolute Gasteiger partial charge is 0.311 e. The van der Waals surface area contributed by atoms with Gasteiger partial charge in [0.2, 0.25) is 0 Å². The first-order valence-electron chi connectivity index (χ1n) is 8.52. The van der Waals surface area contributed by atoms with Crippen molar-refractivity contribution in [1.29, 1.82) is 0 Å². The number of benzene rings is 3. The number of rotatable bonds is 6. The Hall–Kier alpha value is -3.11. The molecular weight excluding hydrogens is 362 g/mol. The molecular formula is C22H18ClNO3. The van der Waals surface area contributed by atoms with E-state index in [9.17, 15) is 9.59 Å². The summed E-state index contributed by atoms with van der Waals surface area (Å²) in [6.07, 6.45) is 0.856. The molecule has 0 aliphatic carbocycles. The van der Waals surface area contributed by atoms with Gasteiger partial charge in [0.05, 0.1) is 0 Å². The van der Waals surface area contributed by atoms with Gasteiger partial charge >= 0.3 is 5.97 Å². The van der Waals surface area contributed by atoms with Crippen LogP contribution in [0, 0.1) is 0 Å². The van der Waals surface area contributed by atoms with Crippen molar-refractivity contribution in [2.45, 2.75) is 12.8 Å². The van der Waals surface area contributed by atoms with Crippen LogP contribution < -0.4 is 10.1 Å². The van der Waals surface area contributed by atoms with Crippen molar-refractivity contribution >= 4 is 29.2 Å². The quantitative estimate of drug-likeness (QED) is 0.477. The third-order valence-electron chi connectivity index (χ3n) is 3.91. The molecule has 0 bridgehead atoms. The number of hydrogen-bond acceptors (Lipinski definition) is 3. The molecule has 136 valence electrons. The number of carbonyl (C=O) groups excluding carboxylic acids is 2. The molecule has 0 aliphatic heterocycles. The van der Waals surface area contributed by atoms with Gasteiger partial charge < -0.3 is 10.1 Å². The monoisotopic (exact) mass is 379 g/mol. The first kappa shape index (κ1) is 18.7. The largest absolute Gasteiger partial charge is 0.427 e. The van der Waals surface area contributed by atoms with E-state index in [2.05, 4.69) is 5.32 Å². The third kappa shape index (κ3) is 5.69. The Labute approximate surface area is 162 Å². The van der Waals surface area contributed by atoms with E-state index in [0.29, 0.717) is 28.4 Å². The molecule has 27 heavy (non-hydrogen) atoms. The molecule has 0 unspecified atom stereocenters. The number of nitrogens with one attached hydrogen (secondary N) is 1. The van der Waals surface area contributed by atoms with E-state index in [1.54, 1.807) is 48.5 Å². The van der Waals surface area contributed by atoms with Crippen molar-refractivity contribution in [3.63, 3.8) is 0 Å². The van der Waals surface area contributed by atoms with Crippen molar-refractivity contribution in [2.75, 3.05) is 5.32 Å². The van der Waals surface area contributed by atoms with Gasteiger partial charge in [-0.25, -0.2) is 0 Å². The molecule has 0 heterocycles. The maximum atomic E-state index is 12.1. The summed E-state index contributed by atoms with van der Waals surface area (Å²) in [5.41, 5.74) is 2.23. The lowest BCUT2D eigenvalue weighted by Gasteiger charge is -2.08. The first-order valence-corrected chi connectivity index (χ1v) is 8.89. The van der Waals surface area contributed by atoms with E-state index in [-0.39, 0.29) is 18.3 Å². The van der Waals surface area contributed by atoms with E-state index in [0.717, 1.165) is 5.56 Å². The van der Waals surface area contributed by atoms with E-state index in [1.165, 1.54) is 0 Å². The molecule has 0 saturated heterocycles. The topological polar surface area (TPSA) is 55.4 Å². The summed E-state index contributed by atoms with van der Waals surface area (Å²) in [5.74, 6) is -0.0665. The molecule has 0 fully saturated rings. The number of halogens is 1. The summed E-state index contributed by atoms with van der Waals surface area (Å²) in [4.78, 5) is 24.1. The average molecular weight is 380 g/mol. The fourth-order valence-electron chi connectivity index (χ4n) is 2.48. The van der Waals surface area contributed by atoms with Crippen molar-refractivity contribution < 1.29 is 14.3 Å². The van der Waals surface area contributed by atoms with Gasteiger partial charge in [-0.05, 0) is 60.5 Å². The summed E-state index contributed by atoms with van der Waals surface area (Å²) in [6, 6.07) is 23.0. The average Bonchev–Trinajstić information content (AvgIpc) is 2.70. The Kier molecular flexibility index (Phi) is 6.23. The first-order chi connectivity index (χ1) is 13.1. The lowest BCUT2D eigenvalue weighted by molar-refractivity contribution is -0.134. The van der Waals surface area contributed by atoms with Crippen LogP contribution in [0.5, 0.6) is 5.75 Å². The molecule has 1 N–H and O–H groups in total. The van der Waals surface area contributed by atoms with Gasteiger partial charge in [0.15, 0.2) is 0 Å². The molecule has 0 aromatic heterocycles. The Morgan fingerprint density at radius 2 is 1.52 bits per heavy atom. The molecule has 0 atom stereocenters. The Bertz CT molecular complexity index is 907. The Morgan fingerprint density at radius 1 is 0.852 bits per heavy atom. The number of ether oxygens (including phenoxy) is 1. The van der Waals surface area contributed by atoms with E-state index in [1.807, 2.05) is 30.3 Å². The minimum absolute atomic E-state index is 0.191. The number of esters is 1. The minimum atomic E-state index is -0.314. The van der Waals surface area contributed by atoms with Crippen molar-refractivity contribution in [2.24, 2.45) is 0 Å². The zero-order valence-electron chi connectivity index (χ0n) is 14.5. The second-order valence-corrected chi connectivity index (χ2v) is 6.38. The number of hydrogen-bond donors (Lipinski definition) is 1. The van der Waals surface area contributed by atoms with Crippen LogP contribution in [0.4, 0.5) is 5.69 Å². The maximum Gasteiger partial charge on any atom is 0.311 e. The predicted molar refractivity (Wildman–Crippen MR) is 106 cm³/mol. The van der Waals surface area contributed by atoms with Crippen LogP contribution in [-0.4, -0.2) is 11.9 Å². The van der Waals surface area contributed by atoms with Gasteiger partial charge in [0.25, 0.3) is 5.91 Å². The van der Waals surface area contributed by atoms with Crippen LogP contribution in [-0.2, 0) is 11.2 Å². The SMILES string of the molecule is O=C(CCc1ccc(Cl)cc1)Oc1ccc(NC(=O)c2ccccc2)cc1. The highest BCUT2D eigenvalue weighted by molar-refractivity contribution is 6.30. The predicted octanol–water partition coefficient (Wildman–Crippen LogP) is 5.13. The summed E-state index contributed by atoms with van der Waals surface area (Å²) in [6.45, 7) is 0. The second kappa shape index (κ2) is 9.01. The van der Waals surface area contributed by atoms with Gasteiger partial charge in [-0.1, -0.05) is 41.9 Å². The highest BCUT2D eigenvalue weighted by Crippen LogP contribution is 2.18. The fraction of sp³-hybridized carbons (Fsp3) is 0.0909. The van der Waals surface area contributed by atoms with Crippen LogP contribution in [0.15, 0.2) is 78.9 Å². The molecule has 3 aromatic rings.